The summed E-state index contributed by atoms with van der Waals surface area (Å²) in [6.45, 7) is 22.2. The first-order chi connectivity index (χ1) is 12.4. The predicted molar refractivity (Wildman–Crippen MR) is 114 cm³/mol. The van der Waals surface area contributed by atoms with Crippen LogP contribution in [0.1, 0.15) is 73.6 Å². The maximum atomic E-state index is 3.59. The van der Waals surface area contributed by atoms with Gasteiger partial charge in [0.2, 0.25) is 0 Å². The Labute approximate surface area is 163 Å². The van der Waals surface area contributed by atoms with Gasteiger partial charge in [-0.15, -0.1) is 0 Å². The topological polar surface area (TPSA) is 30.5 Å². The zero-order chi connectivity index (χ0) is 19.2. The molecule has 0 saturated carbocycles. The number of hydrogen-bond acceptors (Lipinski definition) is 4. The minimum atomic E-state index is 0.575. The lowest BCUT2D eigenvalue weighted by atomic mass is 9.73. The zero-order valence-electron chi connectivity index (χ0n) is 18.5. The quantitative estimate of drug-likeness (QED) is 0.785. The summed E-state index contributed by atoms with van der Waals surface area (Å²) >= 11 is 0. The van der Waals surface area contributed by atoms with Gasteiger partial charge in [-0.2, -0.15) is 0 Å². The summed E-state index contributed by atoms with van der Waals surface area (Å²) in [7, 11) is 0. The van der Waals surface area contributed by atoms with Crippen molar-refractivity contribution in [2.75, 3.05) is 45.8 Å². The zero-order valence-corrected chi connectivity index (χ0v) is 18.5. The third-order valence-corrected chi connectivity index (χ3v) is 7.18. The van der Waals surface area contributed by atoms with Gasteiger partial charge in [0.05, 0.1) is 0 Å². The van der Waals surface area contributed by atoms with Crippen LogP contribution in [0.4, 0.5) is 0 Å². The number of nitrogens with one attached hydrogen (secondary N) is 2. The lowest BCUT2D eigenvalue weighted by Gasteiger charge is -2.49. The molecule has 0 aromatic carbocycles. The maximum Gasteiger partial charge on any atom is 0.0217 e. The van der Waals surface area contributed by atoms with Gasteiger partial charge in [0.25, 0.3) is 0 Å². The van der Waals surface area contributed by atoms with E-state index in [0.29, 0.717) is 11.0 Å². The van der Waals surface area contributed by atoms with Gasteiger partial charge in [-0.1, -0.05) is 13.8 Å². The highest BCUT2D eigenvalue weighted by molar-refractivity contribution is 5.00. The van der Waals surface area contributed by atoms with Gasteiger partial charge in [-0.05, 0) is 84.8 Å². The molecule has 0 atom stereocenters. The van der Waals surface area contributed by atoms with E-state index in [-0.39, 0.29) is 0 Å². The van der Waals surface area contributed by atoms with Gasteiger partial charge in [0, 0.05) is 43.8 Å². The second-order valence-electron chi connectivity index (χ2n) is 9.32. The summed E-state index contributed by atoms with van der Waals surface area (Å²) < 4.78 is 0. The fourth-order valence-corrected chi connectivity index (χ4v) is 4.72. The number of likely N-dealkylation sites (tertiary alicyclic amines) is 2. The van der Waals surface area contributed by atoms with E-state index in [1.165, 1.54) is 77.9 Å². The number of rotatable bonds is 2. The van der Waals surface area contributed by atoms with E-state index in [1.54, 1.807) is 0 Å². The summed E-state index contributed by atoms with van der Waals surface area (Å²) in [5.74, 6) is 0. The van der Waals surface area contributed by atoms with Crippen molar-refractivity contribution in [2.45, 2.75) is 91.3 Å². The summed E-state index contributed by atoms with van der Waals surface area (Å²) in [6.07, 6.45) is 6.98. The highest BCUT2D eigenvalue weighted by atomic mass is 15.2. The highest BCUT2D eigenvalue weighted by Gasteiger charge is 2.40. The first-order valence-corrected chi connectivity index (χ1v) is 11.4. The SMILES string of the molecule is CC.CC(C)N1CCC2(CC1)CNC2.CC(C)N1CCC2(CCN2)CC1. The monoisotopic (exact) mass is 366 g/mol. The Morgan fingerprint density at radius 3 is 1.38 bits per heavy atom. The summed E-state index contributed by atoms with van der Waals surface area (Å²) in [5.41, 5.74) is 1.29. The molecule has 0 aliphatic carbocycles. The van der Waals surface area contributed by atoms with Crippen molar-refractivity contribution >= 4 is 0 Å². The van der Waals surface area contributed by atoms with Gasteiger partial charge in [-0.3, -0.25) is 0 Å². The molecule has 2 N–H and O–H groups in total. The van der Waals surface area contributed by atoms with Crippen molar-refractivity contribution in [1.29, 1.82) is 0 Å². The Morgan fingerprint density at radius 2 is 1.12 bits per heavy atom. The van der Waals surface area contributed by atoms with Crippen LogP contribution in [-0.2, 0) is 0 Å². The van der Waals surface area contributed by atoms with E-state index in [1.807, 2.05) is 13.8 Å². The molecule has 4 heterocycles. The summed E-state index contributed by atoms with van der Waals surface area (Å²) in [5, 5.41) is 6.99. The van der Waals surface area contributed by atoms with E-state index in [4.69, 9.17) is 0 Å². The fraction of sp³-hybridized carbons (Fsp3) is 1.00. The second kappa shape index (κ2) is 9.86. The predicted octanol–water partition coefficient (Wildman–Crippen LogP) is 3.33. The van der Waals surface area contributed by atoms with Crippen molar-refractivity contribution in [2.24, 2.45) is 5.41 Å². The molecule has 26 heavy (non-hydrogen) atoms. The van der Waals surface area contributed by atoms with Crippen LogP contribution in [0.5, 0.6) is 0 Å². The molecule has 4 saturated heterocycles. The molecule has 154 valence electrons. The minimum Gasteiger partial charge on any atom is -0.316 e. The third kappa shape index (κ3) is 5.43. The largest absolute Gasteiger partial charge is 0.316 e. The standard InChI is InChI=1S/2C10H20N2.C2H6/c1-9(2)12-7-4-10(5-8-12)3-6-11-10;1-9(2)12-5-3-10(4-6-12)7-11-8-10;1-2/h2*9,11H,3-8H2,1-2H3;1-2H3. The van der Waals surface area contributed by atoms with E-state index in [9.17, 15) is 0 Å². The molecular weight excluding hydrogens is 320 g/mol. The number of piperidine rings is 2. The van der Waals surface area contributed by atoms with Gasteiger partial charge < -0.3 is 20.4 Å². The van der Waals surface area contributed by atoms with Crippen LogP contribution in [-0.4, -0.2) is 73.2 Å². The van der Waals surface area contributed by atoms with Gasteiger partial charge in [-0.25, -0.2) is 0 Å². The first kappa shape index (κ1) is 22.1. The normalized spacial score (nSPS) is 27.2. The van der Waals surface area contributed by atoms with Crippen LogP contribution in [0.2, 0.25) is 0 Å². The Kier molecular flexibility index (Phi) is 8.39. The average molecular weight is 367 g/mol. The second-order valence-corrected chi connectivity index (χ2v) is 9.32. The van der Waals surface area contributed by atoms with Gasteiger partial charge >= 0.3 is 0 Å². The van der Waals surface area contributed by atoms with Crippen molar-refractivity contribution in [3.63, 3.8) is 0 Å². The van der Waals surface area contributed by atoms with E-state index in [2.05, 4.69) is 48.1 Å². The first-order valence-electron chi connectivity index (χ1n) is 11.4. The molecule has 4 fully saturated rings. The van der Waals surface area contributed by atoms with Crippen molar-refractivity contribution in [3.05, 3.63) is 0 Å². The van der Waals surface area contributed by atoms with Crippen molar-refractivity contribution < 1.29 is 0 Å². The van der Waals surface area contributed by atoms with Gasteiger partial charge in [0.15, 0.2) is 0 Å². The van der Waals surface area contributed by atoms with Crippen LogP contribution in [0, 0.1) is 5.41 Å². The Balaban J connectivity index is 0.000000171. The molecule has 0 unspecified atom stereocenters. The molecule has 0 aromatic rings. The fourth-order valence-electron chi connectivity index (χ4n) is 4.72. The van der Waals surface area contributed by atoms with Crippen molar-refractivity contribution in [3.8, 4) is 0 Å². The van der Waals surface area contributed by atoms with Crippen LogP contribution in [0.3, 0.4) is 0 Å². The molecule has 4 nitrogen and oxygen atoms in total. The molecule has 4 aliphatic heterocycles. The van der Waals surface area contributed by atoms with E-state index < -0.39 is 0 Å². The molecule has 2 spiro atoms. The average Bonchev–Trinajstić information content (AvgIpc) is 2.61. The lowest BCUT2D eigenvalue weighted by Crippen LogP contribution is -2.62. The molecule has 4 heteroatoms. The van der Waals surface area contributed by atoms with Crippen LogP contribution in [0.25, 0.3) is 0 Å². The molecule has 4 rings (SSSR count). The third-order valence-electron chi connectivity index (χ3n) is 7.18. The van der Waals surface area contributed by atoms with Crippen molar-refractivity contribution in [1.82, 2.24) is 20.4 Å². The van der Waals surface area contributed by atoms with E-state index >= 15 is 0 Å². The van der Waals surface area contributed by atoms with Crippen LogP contribution >= 0.6 is 0 Å². The van der Waals surface area contributed by atoms with Gasteiger partial charge in [0.1, 0.15) is 0 Å². The maximum absolute atomic E-state index is 3.59. The Hall–Kier alpha value is -0.160. The highest BCUT2D eigenvalue weighted by Crippen LogP contribution is 2.35. The molecule has 0 radical (unpaired) electrons. The minimum absolute atomic E-state index is 0.575. The number of hydrogen-bond donors (Lipinski definition) is 2. The molecule has 0 bridgehead atoms. The Bertz CT molecular complexity index is 341. The summed E-state index contributed by atoms with van der Waals surface area (Å²) in [6, 6.07) is 1.48. The molecule has 0 aromatic heterocycles. The molecule has 4 aliphatic rings. The molecule has 0 amide bonds. The smallest absolute Gasteiger partial charge is 0.0217 e. The van der Waals surface area contributed by atoms with Crippen LogP contribution in [0.15, 0.2) is 0 Å². The number of nitrogens with zero attached hydrogens (tertiary/aromatic N) is 2. The van der Waals surface area contributed by atoms with E-state index in [0.717, 1.165) is 12.1 Å². The van der Waals surface area contributed by atoms with Crippen LogP contribution < -0.4 is 10.6 Å². The lowest BCUT2D eigenvalue weighted by molar-refractivity contribution is 0.0418. The summed E-state index contributed by atoms with van der Waals surface area (Å²) in [4.78, 5) is 5.19. The molecular formula is C22H46N4. The Morgan fingerprint density at radius 1 is 0.692 bits per heavy atom.